The van der Waals surface area contributed by atoms with Crippen molar-refractivity contribution in [2.45, 2.75) is 0 Å². The smallest absolute Gasteiger partial charge is 0.184 e. The third kappa shape index (κ3) is 6.76. The van der Waals surface area contributed by atoms with E-state index in [1.165, 1.54) is 10.6 Å². The summed E-state index contributed by atoms with van der Waals surface area (Å²) in [4.78, 5) is 0. The zero-order valence-corrected chi connectivity index (χ0v) is 13.8. The van der Waals surface area contributed by atoms with Crippen LogP contribution in [0, 0.1) is 6.07 Å². The van der Waals surface area contributed by atoms with Crippen molar-refractivity contribution in [1.29, 1.82) is 0 Å². The molecule has 0 aliphatic heterocycles. The van der Waals surface area contributed by atoms with E-state index in [4.69, 9.17) is 0 Å². The summed E-state index contributed by atoms with van der Waals surface area (Å²) in [6, 6.07) is 33.7. The zero-order chi connectivity index (χ0) is 13.2. The van der Waals surface area contributed by atoms with Crippen LogP contribution >= 0.6 is 8.58 Å². The van der Waals surface area contributed by atoms with Crippen molar-refractivity contribution in [1.82, 2.24) is 0 Å². The molecule has 2 heteroatoms. The average molecular weight is 364 g/mol. The van der Waals surface area contributed by atoms with E-state index >= 15 is 0 Å². The van der Waals surface area contributed by atoms with Crippen LogP contribution < -0.4 is 10.6 Å². The molecule has 3 rings (SSSR count). The van der Waals surface area contributed by atoms with Crippen molar-refractivity contribution in [3.05, 3.63) is 97.1 Å². The van der Waals surface area contributed by atoms with E-state index in [-0.39, 0.29) is 19.5 Å². The van der Waals surface area contributed by atoms with Gasteiger partial charge in [0.15, 0.2) is 0 Å². The molecule has 0 saturated carbocycles. The van der Waals surface area contributed by atoms with Gasteiger partial charge in [0, 0.05) is 0 Å². The first kappa shape index (κ1) is 16.8. The van der Waals surface area contributed by atoms with Gasteiger partial charge in [-0.3, -0.25) is 0 Å². The molecule has 0 atom stereocenters. The molecule has 1 radical (unpaired) electrons. The maximum Gasteiger partial charge on any atom is 1.00 e. The fourth-order valence-corrected chi connectivity index (χ4v) is 2.60. The molecule has 0 saturated heterocycles. The maximum atomic E-state index is 2.89. The average Bonchev–Trinajstić information content (AvgIpc) is 2.52. The van der Waals surface area contributed by atoms with Crippen LogP contribution in [-0.4, -0.2) is 0 Å². The Morgan fingerprint density at radius 1 is 0.550 bits per heavy atom. The molecule has 3 aromatic rings. The van der Waals surface area contributed by atoms with Crippen LogP contribution in [0.1, 0.15) is 0 Å². The second-order valence-electron chi connectivity index (χ2n) is 3.93. The van der Waals surface area contributed by atoms with Gasteiger partial charge < -0.3 is 0 Å². The van der Waals surface area contributed by atoms with Gasteiger partial charge in [-0.05, 0) is 10.6 Å². The molecule has 3 aromatic carbocycles. The van der Waals surface area contributed by atoms with Crippen molar-refractivity contribution in [2.24, 2.45) is 0 Å². The number of benzene rings is 3. The van der Waals surface area contributed by atoms with Crippen molar-refractivity contribution in [2.75, 3.05) is 0 Å². The van der Waals surface area contributed by atoms with Gasteiger partial charge in [-0.25, -0.2) is 0 Å². The maximum absolute atomic E-state index is 2.89. The van der Waals surface area contributed by atoms with E-state index in [2.05, 4.69) is 66.7 Å². The van der Waals surface area contributed by atoms with Crippen LogP contribution in [0.25, 0.3) is 0 Å². The number of rotatable bonds is 2. The largest absolute Gasteiger partial charge is 1.00 e. The van der Waals surface area contributed by atoms with E-state index in [1.807, 2.05) is 30.3 Å². The first-order valence-electron chi connectivity index (χ1n) is 6.23. The zero-order valence-electron chi connectivity index (χ0n) is 11.0. The third-order valence-corrected chi connectivity index (χ3v) is 3.69. The van der Waals surface area contributed by atoms with Gasteiger partial charge in [-0.15, -0.1) is 0 Å². The predicted octanol–water partition coefficient (Wildman–Crippen LogP) is 3.80. The molecule has 0 aliphatic rings. The SMILES string of the molecule is [Ru+].[c-]1ccccc1.c1ccc(Pc2ccccc2)cc1. The summed E-state index contributed by atoms with van der Waals surface area (Å²) in [5.74, 6) is 0. The first-order chi connectivity index (χ1) is 9.45. The molecule has 0 amide bonds. The summed E-state index contributed by atoms with van der Waals surface area (Å²) >= 11 is 0. The molecule has 0 aromatic heterocycles. The Morgan fingerprint density at radius 2 is 0.950 bits per heavy atom. The minimum Gasteiger partial charge on any atom is -0.184 e. The Labute approximate surface area is 135 Å². The monoisotopic (exact) mass is 365 g/mol. The molecular weight excluding hydrogens is 348 g/mol. The van der Waals surface area contributed by atoms with Crippen molar-refractivity contribution in [3.63, 3.8) is 0 Å². The van der Waals surface area contributed by atoms with Crippen LogP contribution in [-0.2, 0) is 19.5 Å². The minimum absolute atomic E-state index is 0. The van der Waals surface area contributed by atoms with Gasteiger partial charge in [-0.2, -0.15) is 36.4 Å². The molecule has 0 fully saturated rings. The molecule has 0 bridgehead atoms. The normalized spacial score (nSPS) is 8.80. The van der Waals surface area contributed by atoms with E-state index in [0.29, 0.717) is 0 Å². The first-order valence-corrected chi connectivity index (χ1v) is 7.23. The Hall–Kier alpha value is -1.29. The molecule has 0 aliphatic carbocycles. The standard InChI is InChI=1S/C12H11P.C6H5.Ru/c1-3-7-11(8-4-1)13-12-9-5-2-6-10-12;1-2-4-6-5-3-1;/h1-10,13H;1-5H;/q;-1;+1. The second-order valence-corrected chi connectivity index (χ2v) is 5.34. The van der Waals surface area contributed by atoms with Gasteiger partial charge >= 0.3 is 19.5 Å². The summed E-state index contributed by atoms with van der Waals surface area (Å²) in [5, 5.41) is 2.79. The van der Waals surface area contributed by atoms with E-state index < -0.39 is 0 Å². The van der Waals surface area contributed by atoms with E-state index in [0.717, 1.165) is 8.58 Å². The number of hydrogen-bond acceptors (Lipinski definition) is 0. The van der Waals surface area contributed by atoms with Crippen molar-refractivity contribution in [3.8, 4) is 0 Å². The molecular formula is C18H16PRu. The number of hydrogen-bond donors (Lipinski definition) is 0. The molecule has 0 spiro atoms. The van der Waals surface area contributed by atoms with Crippen LogP contribution in [0.15, 0.2) is 91.0 Å². The van der Waals surface area contributed by atoms with Crippen LogP contribution in [0.3, 0.4) is 0 Å². The van der Waals surface area contributed by atoms with Gasteiger partial charge in [0.25, 0.3) is 0 Å². The van der Waals surface area contributed by atoms with Crippen molar-refractivity contribution >= 4 is 19.2 Å². The molecule has 0 nitrogen and oxygen atoms in total. The van der Waals surface area contributed by atoms with E-state index in [1.54, 1.807) is 0 Å². The minimum atomic E-state index is 0. The van der Waals surface area contributed by atoms with Gasteiger partial charge in [0.1, 0.15) is 0 Å². The fourth-order valence-electron chi connectivity index (χ4n) is 1.55. The summed E-state index contributed by atoms with van der Waals surface area (Å²) in [5.41, 5.74) is 0. The van der Waals surface area contributed by atoms with Crippen LogP contribution in [0.2, 0.25) is 0 Å². The molecule has 0 unspecified atom stereocenters. The Bertz CT molecular complexity index is 488. The molecule has 101 valence electrons. The fraction of sp³-hybridized carbons (Fsp3) is 0. The topological polar surface area (TPSA) is 0 Å². The second kappa shape index (κ2) is 10.5. The van der Waals surface area contributed by atoms with E-state index in [9.17, 15) is 0 Å². The Balaban J connectivity index is 0.000000243. The summed E-state index contributed by atoms with van der Waals surface area (Å²) in [6.07, 6.45) is 0. The Morgan fingerprint density at radius 3 is 1.25 bits per heavy atom. The van der Waals surface area contributed by atoms with Crippen LogP contribution in [0.4, 0.5) is 0 Å². The third-order valence-electron chi connectivity index (χ3n) is 2.44. The summed E-state index contributed by atoms with van der Waals surface area (Å²) in [6.45, 7) is 0. The molecule has 0 N–H and O–H groups in total. The van der Waals surface area contributed by atoms with Gasteiger partial charge in [0.05, 0.1) is 0 Å². The van der Waals surface area contributed by atoms with Gasteiger partial charge in [0.2, 0.25) is 0 Å². The molecule has 0 heterocycles. The molecule has 20 heavy (non-hydrogen) atoms. The quantitative estimate of drug-likeness (QED) is 0.369. The van der Waals surface area contributed by atoms with Crippen molar-refractivity contribution < 1.29 is 19.5 Å². The Kier molecular flexibility index (Phi) is 8.80. The summed E-state index contributed by atoms with van der Waals surface area (Å²) in [7, 11) is 0.777. The van der Waals surface area contributed by atoms with Crippen LogP contribution in [0.5, 0.6) is 0 Å². The summed E-state index contributed by atoms with van der Waals surface area (Å²) < 4.78 is 0. The predicted molar refractivity (Wildman–Crippen MR) is 85.7 cm³/mol. The van der Waals surface area contributed by atoms with Gasteiger partial charge in [-0.1, -0.05) is 69.2 Å².